The quantitative estimate of drug-likeness (QED) is 0.390. The molecule has 34 heavy (non-hydrogen) atoms. The lowest BCUT2D eigenvalue weighted by Crippen LogP contribution is -2.33. The number of esters is 1. The van der Waals surface area contributed by atoms with Crippen LogP contribution in [0.4, 0.5) is 10.1 Å². The monoisotopic (exact) mass is 485 g/mol. The molecule has 0 atom stereocenters. The van der Waals surface area contributed by atoms with E-state index in [1.807, 2.05) is 0 Å². The molecule has 4 rings (SSSR count). The van der Waals surface area contributed by atoms with Gasteiger partial charge in [-0.2, -0.15) is 0 Å². The van der Waals surface area contributed by atoms with Crippen molar-refractivity contribution in [3.8, 4) is 0 Å². The first-order chi connectivity index (χ1) is 16.0. The van der Waals surface area contributed by atoms with Crippen molar-refractivity contribution in [2.45, 2.75) is 18.7 Å². The fraction of sp³-hybridized carbons (Fsp3) is 0.217. The van der Waals surface area contributed by atoms with E-state index in [0.29, 0.717) is 11.2 Å². The molecule has 0 fully saturated rings. The van der Waals surface area contributed by atoms with E-state index in [-0.39, 0.29) is 40.2 Å². The molecule has 2 aromatic carbocycles. The zero-order valence-electron chi connectivity index (χ0n) is 18.5. The number of fused-ring (bicyclic) bond motifs is 3. The van der Waals surface area contributed by atoms with Crippen LogP contribution in [0.25, 0.3) is 10.9 Å². The van der Waals surface area contributed by atoms with Gasteiger partial charge in [-0.1, -0.05) is 12.1 Å². The maximum Gasteiger partial charge on any atom is 0.302 e. The molecule has 0 bridgehead atoms. The number of anilines is 1. The van der Waals surface area contributed by atoms with E-state index in [4.69, 9.17) is 4.74 Å². The smallest absolute Gasteiger partial charge is 0.302 e. The van der Waals surface area contributed by atoms with Gasteiger partial charge in [-0.15, -0.1) is 0 Å². The molecule has 176 valence electrons. The van der Waals surface area contributed by atoms with Gasteiger partial charge in [0.25, 0.3) is 21.8 Å². The van der Waals surface area contributed by atoms with E-state index in [1.165, 1.54) is 50.4 Å². The average Bonchev–Trinajstić information content (AvgIpc) is 3.04. The summed E-state index contributed by atoms with van der Waals surface area (Å²) in [4.78, 5) is 42.2. The summed E-state index contributed by atoms with van der Waals surface area (Å²) >= 11 is 0. The van der Waals surface area contributed by atoms with Gasteiger partial charge >= 0.3 is 5.97 Å². The van der Waals surface area contributed by atoms with Gasteiger partial charge in [0.15, 0.2) is 0 Å². The molecule has 3 aromatic rings. The van der Waals surface area contributed by atoms with Crippen LogP contribution >= 0.6 is 0 Å². The number of ether oxygens (including phenoxy) is 1. The number of hydrogen-bond acceptors (Lipinski definition) is 7. The summed E-state index contributed by atoms with van der Waals surface area (Å²) in [5.74, 6) is -2.50. The van der Waals surface area contributed by atoms with Crippen LogP contribution < -0.4 is 4.31 Å². The maximum atomic E-state index is 14.2. The molecule has 1 aliphatic heterocycles. The summed E-state index contributed by atoms with van der Waals surface area (Å²) in [7, 11) is -2.98. The van der Waals surface area contributed by atoms with Crippen LogP contribution in [0.1, 0.15) is 33.3 Å². The number of hydrogen-bond donors (Lipinski definition) is 0. The van der Waals surface area contributed by atoms with Gasteiger partial charge in [0, 0.05) is 19.4 Å². The second-order valence-corrected chi connectivity index (χ2v) is 9.62. The third-order valence-electron chi connectivity index (χ3n) is 5.53. The molecule has 0 saturated heterocycles. The number of aromatic nitrogens is 1. The normalized spacial score (nSPS) is 13.4. The molecular weight excluding hydrogens is 465 g/mol. The van der Waals surface area contributed by atoms with Gasteiger partial charge in [-0.05, 0) is 37.3 Å². The highest BCUT2D eigenvalue weighted by Gasteiger charge is 2.39. The average molecular weight is 485 g/mol. The fourth-order valence-electron chi connectivity index (χ4n) is 3.85. The Labute approximate surface area is 194 Å². The summed E-state index contributed by atoms with van der Waals surface area (Å²) < 4.78 is 46.3. The molecule has 1 aromatic heterocycles. The fourth-order valence-corrected chi connectivity index (χ4v) is 5.08. The van der Waals surface area contributed by atoms with Crippen molar-refractivity contribution in [2.24, 2.45) is 0 Å². The van der Waals surface area contributed by atoms with Gasteiger partial charge in [-0.25, -0.2) is 12.8 Å². The van der Waals surface area contributed by atoms with Gasteiger partial charge in [0.05, 0.1) is 39.5 Å². The van der Waals surface area contributed by atoms with Crippen molar-refractivity contribution in [1.29, 1.82) is 0 Å². The molecule has 0 unspecified atom stereocenters. The van der Waals surface area contributed by atoms with Crippen LogP contribution in [-0.4, -0.2) is 56.3 Å². The molecule has 0 aliphatic carbocycles. The highest BCUT2D eigenvalue weighted by atomic mass is 32.2. The van der Waals surface area contributed by atoms with E-state index < -0.39 is 33.6 Å². The van der Waals surface area contributed by atoms with Crippen molar-refractivity contribution in [3.05, 3.63) is 65.1 Å². The van der Waals surface area contributed by atoms with E-state index >= 15 is 0 Å². The van der Waals surface area contributed by atoms with E-state index in [1.54, 1.807) is 6.92 Å². The van der Waals surface area contributed by atoms with Crippen LogP contribution in [-0.2, 0) is 19.6 Å². The van der Waals surface area contributed by atoms with Crippen molar-refractivity contribution >= 4 is 44.4 Å². The molecule has 0 N–H and O–H groups in total. The highest BCUT2D eigenvalue weighted by Crippen LogP contribution is 2.33. The predicted octanol–water partition coefficient (Wildman–Crippen LogP) is 2.67. The summed E-state index contributed by atoms with van der Waals surface area (Å²) in [5.41, 5.74) is 0.595. The number of carbonyl (C=O) groups is 3. The zero-order chi connectivity index (χ0) is 24.8. The van der Waals surface area contributed by atoms with Gasteiger partial charge in [0.2, 0.25) is 0 Å². The number of halogens is 1. The zero-order valence-corrected chi connectivity index (χ0v) is 19.3. The molecule has 1 aliphatic rings. The summed E-state index contributed by atoms with van der Waals surface area (Å²) in [6, 6.07) is 9.45. The number of rotatable bonds is 6. The summed E-state index contributed by atoms with van der Waals surface area (Å²) in [5, 5.41) is 0.178. The Hall–Kier alpha value is -3.86. The minimum absolute atomic E-state index is 0.0286. The van der Waals surface area contributed by atoms with E-state index in [9.17, 15) is 27.2 Å². The Morgan fingerprint density at radius 2 is 1.79 bits per heavy atom. The highest BCUT2D eigenvalue weighted by molar-refractivity contribution is 7.92. The van der Waals surface area contributed by atoms with Crippen molar-refractivity contribution in [1.82, 2.24) is 9.88 Å². The van der Waals surface area contributed by atoms with Crippen LogP contribution in [0.3, 0.4) is 0 Å². The Bertz CT molecular complexity index is 1470. The number of sulfonamides is 1. The second kappa shape index (κ2) is 8.49. The second-order valence-electron chi connectivity index (χ2n) is 7.65. The first-order valence-corrected chi connectivity index (χ1v) is 11.7. The largest absolute Gasteiger partial charge is 0.464 e. The first kappa shape index (κ1) is 23.3. The minimum Gasteiger partial charge on any atom is -0.464 e. The van der Waals surface area contributed by atoms with E-state index in [0.717, 1.165) is 15.3 Å². The molecule has 9 nitrogen and oxygen atoms in total. The van der Waals surface area contributed by atoms with E-state index in [2.05, 4.69) is 4.98 Å². The number of amides is 2. The maximum absolute atomic E-state index is 14.2. The number of benzene rings is 2. The third-order valence-corrected chi connectivity index (χ3v) is 7.29. The van der Waals surface area contributed by atoms with Gasteiger partial charge in [-0.3, -0.25) is 28.6 Å². The number of imide groups is 1. The lowest BCUT2D eigenvalue weighted by molar-refractivity contribution is -0.141. The summed E-state index contributed by atoms with van der Waals surface area (Å²) in [6.07, 6.45) is 0. The van der Waals surface area contributed by atoms with Crippen LogP contribution in [0.15, 0.2) is 47.4 Å². The third kappa shape index (κ3) is 3.77. The molecule has 2 amide bonds. The van der Waals surface area contributed by atoms with Gasteiger partial charge < -0.3 is 4.74 Å². The number of nitrogens with zero attached hydrogens (tertiary/aromatic N) is 3. The number of aryl methyl sites for hydroxylation is 1. The van der Waals surface area contributed by atoms with Crippen molar-refractivity contribution in [3.63, 3.8) is 0 Å². The number of carbonyl (C=O) groups excluding carboxylic acids is 3. The molecular formula is C23H20FN3O6S. The lowest BCUT2D eigenvalue weighted by Gasteiger charge is -2.20. The molecule has 11 heteroatoms. The van der Waals surface area contributed by atoms with Crippen LogP contribution in [0.5, 0.6) is 0 Å². The Morgan fingerprint density at radius 3 is 2.47 bits per heavy atom. The number of pyridine rings is 1. The summed E-state index contributed by atoms with van der Waals surface area (Å²) in [6.45, 7) is 2.47. The van der Waals surface area contributed by atoms with Gasteiger partial charge in [0.1, 0.15) is 12.4 Å². The van der Waals surface area contributed by atoms with Crippen LogP contribution in [0, 0.1) is 12.7 Å². The standard InChI is InChI=1S/C23H20FN3O6S/c1-13-20-21(23(30)27(22(20)29)10-11-33-14(2)28)16-12-15(8-9-18(16)25-13)34(31,32)26(3)19-7-5-4-6-17(19)24/h4-9,12H,10-11H2,1-3H3. The Morgan fingerprint density at radius 1 is 1.12 bits per heavy atom. The SMILES string of the molecule is CC(=O)OCCN1C(=O)c2c(C)nc3ccc(S(=O)(=O)N(C)c4ccccc4F)cc3c2C1=O. The van der Waals surface area contributed by atoms with Crippen molar-refractivity contribution < 1.29 is 31.9 Å². The first-order valence-electron chi connectivity index (χ1n) is 10.2. The molecule has 0 spiro atoms. The topological polar surface area (TPSA) is 114 Å². The predicted molar refractivity (Wildman–Crippen MR) is 120 cm³/mol. The minimum atomic E-state index is -4.20. The molecule has 0 radical (unpaired) electrons. The Kier molecular flexibility index (Phi) is 5.82. The van der Waals surface area contributed by atoms with Crippen LogP contribution in [0.2, 0.25) is 0 Å². The molecule has 0 saturated carbocycles. The number of para-hydroxylation sites is 1. The lowest BCUT2D eigenvalue weighted by atomic mass is 10.0. The van der Waals surface area contributed by atoms with Crippen molar-refractivity contribution in [2.75, 3.05) is 24.5 Å². The molecule has 2 heterocycles. The Balaban J connectivity index is 1.80.